The standard InChI is InChI=1S/C59H45N5/c1-35-31-32-59(4)43-27-23-40(24-28-43)44-19-11-12-20-47(44)56-60-57(62-58(61-56)64-49-22-14-13-21-48(49)53-36(2)52(35)54(59)37(3)55(53)64)63-50-33-41(38-15-7-5-8-16-38)25-29-45(50)46-30-26-42(34-51(46)63)39-17-9-6-10-18-39/h5-37H,1-4H3. The van der Waals surface area contributed by atoms with Crippen molar-refractivity contribution in [3.8, 4) is 56.7 Å². The molecule has 0 amide bonds. The van der Waals surface area contributed by atoms with Crippen LogP contribution in [0.3, 0.4) is 0 Å². The Labute approximate surface area is 372 Å². The van der Waals surface area contributed by atoms with Crippen LogP contribution in [0.2, 0.25) is 0 Å². The molecule has 6 bridgehead atoms. The van der Waals surface area contributed by atoms with Crippen molar-refractivity contribution in [2.75, 3.05) is 0 Å². The molecule has 2 aliphatic heterocycles. The van der Waals surface area contributed by atoms with E-state index in [1.807, 2.05) is 0 Å². The molecule has 10 aromatic rings. The Bertz CT molecular complexity index is 3510. The van der Waals surface area contributed by atoms with Crippen molar-refractivity contribution in [2.45, 2.75) is 44.9 Å². The SMILES string of the molecule is CC1C=CC2(C)C3=C1C(C)c1c(n(c4ccccc14)-c1nc(nc(-n4c5cc(-c6ccccc6)ccc5c5ccc(-c6ccccc6)cc54)n1)-c1ccccc1-c1ccc2cc1)C3C. The summed E-state index contributed by atoms with van der Waals surface area (Å²) in [6, 6.07) is 61.6. The van der Waals surface area contributed by atoms with Gasteiger partial charge in [0.25, 0.3) is 0 Å². The molecule has 5 nitrogen and oxygen atoms in total. The van der Waals surface area contributed by atoms with Crippen molar-refractivity contribution >= 4 is 32.7 Å². The van der Waals surface area contributed by atoms with E-state index in [1.54, 1.807) is 0 Å². The summed E-state index contributed by atoms with van der Waals surface area (Å²) in [6.07, 6.45) is 4.92. The number of benzene rings is 7. The summed E-state index contributed by atoms with van der Waals surface area (Å²) in [5, 5.41) is 3.54. The highest BCUT2D eigenvalue weighted by Crippen LogP contribution is 2.57. The van der Waals surface area contributed by atoms with Crippen LogP contribution in [0.5, 0.6) is 0 Å². The van der Waals surface area contributed by atoms with Gasteiger partial charge in [-0.2, -0.15) is 15.0 Å². The number of rotatable bonds is 3. The highest BCUT2D eigenvalue weighted by Gasteiger charge is 2.46. The zero-order chi connectivity index (χ0) is 42.8. The molecule has 4 unspecified atom stereocenters. The highest BCUT2D eigenvalue weighted by molar-refractivity contribution is 6.11. The second-order valence-electron chi connectivity index (χ2n) is 18.2. The molecule has 7 aromatic carbocycles. The van der Waals surface area contributed by atoms with E-state index in [0.717, 1.165) is 66.3 Å². The average Bonchev–Trinajstić information content (AvgIpc) is 3.87. The molecule has 5 heterocycles. The van der Waals surface area contributed by atoms with E-state index in [1.165, 1.54) is 33.4 Å². The van der Waals surface area contributed by atoms with Gasteiger partial charge in [0.1, 0.15) is 0 Å². The molecule has 64 heavy (non-hydrogen) atoms. The summed E-state index contributed by atoms with van der Waals surface area (Å²) >= 11 is 0. The third-order valence-electron chi connectivity index (χ3n) is 14.7. The Hall–Kier alpha value is -7.63. The van der Waals surface area contributed by atoms with Gasteiger partial charge in [0.2, 0.25) is 11.9 Å². The van der Waals surface area contributed by atoms with Gasteiger partial charge in [-0.05, 0) is 81.1 Å². The van der Waals surface area contributed by atoms with Gasteiger partial charge >= 0.3 is 0 Å². The summed E-state index contributed by atoms with van der Waals surface area (Å²) in [5.41, 5.74) is 17.6. The third kappa shape index (κ3) is 5.21. The lowest BCUT2D eigenvalue weighted by molar-refractivity contribution is 0.530. The predicted octanol–water partition coefficient (Wildman–Crippen LogP) is 14.6. The lowest BCUT2D eigenvalue weighted by Gasteiger charge is -2.45. The predicted molar refractivity (Wildman–Crippen MR) is 262 cm³/mol. The van der Waals surface area contributed by atoms with Crippen LogP contribution in [0.4, 0.5) is 0 Å². The van der Waals surface area contributed by atoms with Crippen LogP contribution in [0.1, 0.15) is 56.4 Å². The fraction of sp³-hybridized carbons (Fsp3) is 0.136. The van der Waals surface area contributed by atoms with Crippen molar-refractivity contribution in [2.24, 2.45) is 5.92 Å². The summed E-state index contributed by atoms with van der Waals surface area (Å²) in [6.45, 7) is 9.64. The molecule has 0 fully saturated rings. The molecular weight excluding hydrogens is 779 g/mol. The topological polar surface area (TPSA) is 48.5 Å². The third-order valence-corrected chi connectivity index (χ3v) is 14.7. The quantitative estimate of drug-likeness (QED) is 0.167. The molecule has 0 N–H and O–H groups in total. The van der Waals surface area contributed by atoms with E-state index in [9.17, 15) is 0 Å². The molecule has 0 saturated carbocycles. The van der Waals surface area contributed by atoms with Gasteiger partial charge in [-0.3, -0.25) is 9.13 Å². The minimum Gasteiger partial charge on any atom is -0.281 e. The zero-order valence-electron chi connectivity index (χ0n) is 36.3. The van der Waals surface area contributed by atoms with Crippen LogP contribution in [-0.4, -0.2) is 24.1 Å². The van der Waals surface area contributed by atoms with Gasteiger partial charge in [0, 0.05) is 44.7 Å². The van der Waals surface area contributed by atoms with Crippen molar-refractivity contribution in [3.05, 3.63) is 210 Å². The van der Waals surface area contributed by atoms with Crippen LogP contribution >= 0.6 is 0 Å². The number of hydrogen-bond acceptors (Lipinski definition) is 3. The first-order valence-corrected chi connectivity index (χ1v) is 22.6. The van der Waals surface area contributed by atoms with Crippen LogP contribution in [0.25, 0.3) is 89.4 Å². The smallest absolute Gasteiger partial charge is 0.240 e. The van der Waals surface area contributed by atoms with E-state index in [4.69, 9.17) is 15.0 Å². The Balaban J connectivity index is 1.18. The average molecular weight is 824 g/mol. The lowest BCUT2D eigenvalue weighted by atomic mass is 9.59. The van der Waals surface area contributed by atoms with E-state index in [2.05, 4.69) is 219 Å². The largest absolute Gasteiger partial charge is 0.281 e. The van der Waals surface area contributed by atoms with Gasteiger partial charge in [-0.1, -0.05) is 190 Å². The zero-order valence-corrected chi connectivity index (χ0v) is 36.3. The van der Waals surface area contributed by atoms with Gasteiger partial charge in [-0.15, -0.1) is 0 Å². The lowest BCUT2D eigenvalue weighted by Crippen LogP contribution is -2.35. The van der Waals surface area contributed by atoms with E-state index >= 15 is 0 Å². The number of aromatic nitrogens is 5. The van der Waals surface area contributed by atoms with Crippen LogP contribution in [0, 0.1) is 5.92 Å². The van der Waals surface area contributed by atoms with Gasteiger partial charge < -0.3 is 0 Å². The number of hydrogen-bond donors (Lipinski definition) is 0. The molecule has 0 spiro atoms. The number of nitrogens with zero attached hydrogens (tertiary/aromatic N) is 5. The first-order valence-electron chi connectivity index (χ1n) is 22.6. The van der Waals surface area contributed by atoms with E-state index < -0.39 is 0 Å². The molecule has 0 saturated heterocycles. The molecule has 3 aromatic heterocycles. The molecule has 14 rings (SSSR count). The first kappa shape index (κ1) is 37.0. The van der Waals surface area contributed by atoms with Crippen molar-refractivity contribution < 1.29 is 0 Å². The fourth-order valence-corrected chi connectivity index (χ4v) is 11.8. The first-order chi connectivity index (χ1) is 31.4. The molecule has 2 aliphatic carbocycles. The second kappa shape index (κ2) is 13.7. The Morgan fingerprint density at radius 2 is 1.03 bits per heavy atom. The number of allylic oxidation sites excluding steroid dienone is 4. The maximum atomic E-state index is 5.69. The molecule has 0 radical (unpaired) electrons. The summed E-state index contributed by atoms with van der Waals surface area (Å²) in [7, 11) is 0. The van der Waals surface area contributed by atoms with Crippen LogP contribution in [0.15, 0.2) is 193 Å². The maximum absolute atomic E-state index is 5.69. The molecule has 4 atom stereocenters. The van der Waals surface area contributed by atoms with Crippen molar-refractivity contribution in [1.82, 2.24) is 24.1 Å². The summed E-state index contributed by atoms with van der Waals surface area (Å²) < 4.78 is 4.68. The normalized spacial score (nSPS) is 19.7. The van der Waals surface area contributed by atoms with E-state index in [-0.39, 0.29) is 17.3 Å². The minimum absolute atomic E-state index is 0.0691. The van der Waals surface area contributed by atoms with Gasteiger partial charge in [0.15, 0.2) is 5.82 Å². The minimum atomic E-state index is -0.304. The Kier molecular flexibility index (Phi) is 7.90. The van der Waals surface area contributed by atoms with Gasteiger partial charge in [-0.25, -0.2) is 0 Å². The number of fused-ring (bicyclic) bond motifs is 7. The maximum Gasteiger partial charge on any atom is 0.240 e. The molecule has 4 aliphatic rings. The molecule has 5 heteroatoms. The molecule has 306 valence electrons. The fourth-order valence-electron chi connectivity index (χ4n) is 11.8. The molecular formula is C59H45N5. The van der Waals surface area contributed by atoms with Crippen molar-refractivity contribution in [1.29, 1.82) is 0 Å². The van der Waals surface area contributed by atoms with Crippen molar-refractivity contribution in [3.63, 3.8) is 0 Å². The van der Waals surface area contributed by atoms with Gasteiger partial charge in [0.05, 0.1) is 16.6 Å². The monoisotopic (exact) mass is 823 g/mol. The summed E-state index contributed by atoms with van der Waals surface area (Å²) in [4.78, 5) is 16.9. The number of para-hydroxylation sites is 1. The summed E-state index contributed by atoms with van der Waals surface area (Å²) in [5.74, 6) is 2.40. The van der Waals surface area contributed by atoms with Crippen LogP contribution < -0.4 is 0 Å². The Morgan fingerprint density at radius 3 is 1.69 bits per heavy atom. The van der Waals surface area contributed by atoms with E-state index in [0.29, 0.717) is 23.6 Å². The highest BCUT2D eigenvalue weighted by atomic mass is 15.3. The second-order valence-corrected chi connectivity index (χ2v) is 18.2. The Morgan fingerprint density at radius 1 is 0.469 bits per heavy atom. The van der Waals surface area contributed by atoms with Crippen LogP contribution in [-0.2, 0) is 5.41 Å².